The van der Waals surface area contributed by atoms with Crippen molar-refractivity contribution in [3.8, 4) is 5.75 Å². The summed E-state index contributed by atoms with van der Waals surface area (Å²) in [5, 5.41) is 11.7. The van der Waals surface area contributed by atoms with Gasteiger partial charge in [-0.3, -0.25) is 0 Å². The normalized spacial score (nSPS) is 15.7. The van der Waals surface area contributed by atoms with Crippen LogP contribution in [-0.2, 0) is 6.42 Å². The molecule has 8 heteroatoms. The first kappa shape index (κ1) is 16.5. The highest BCUT2D eigenvalue weighted by atomic mass is 32.1. The van der Waals surface area contributed by atoms with E-state index in [2.05, 4.69) is 28.5 Å². The Morgan fingerprint density at radius 3 is 2.88 bits per heavy atom. The molecule has 1 fully saturated rings. The highest BCUT2D eigenvalue weighted by Gasteiger charge is 2.33. The number of hydrogen-bond donors (Lipinski definition) is 2. The third kappa shape index (κ3) is 3.59. The summed E-state index contributed by atoms with van der Waals surface area (Å²) >= 11 is 1.28. The van der Waals surface area contributed by atoms with Gasteiger partial charge >= 0.3 is 6.03 Å². The smallest absolute Gasteiger partial charge is 0.318 e. The molecular formula is C16H21N5O2S. The second kappa shape index (κ2) is 7.04. The maximum absolute atomic E-state index is 12.2. The summed E-state index contributed by atoms with van der Waals surface area (Å²) in [6, 6.07) is 7.67. The number of rotatable bonds is 5. The number of benzene rings is 1. The topological polar surface area (TPSA) is 93.4 Å². The third-order valence-corrected chi connectivity index (χ3v) is 4.88. The molecule has 1 atom stereocenters. The number of nitrogens with two attached hydrogens (primary N) is 1. The number of urea groups is 1. The first-order valence-electron chi connectivity index (χ1n) is 7.95. The second-order valence-electron chi connectivity index (χ2n) is 5.76. The minimum Gasteiger partial charge on any atom is -0.486 e. The number of hydrogen-bond acceptors (Lipinski definition) is 6. The summed E-state index contributed by atoms with van der Waals surface area (Å²) in [4.78, 5) is 13.9. The van der Waals surface area contributed by atoms with Gasteiger partial charge in [0.05, 0.1) is 19.1 Å². The highest BCUT2D eigenvalue weighted by Crippen LogP contribution is 2.24. The zero-order chi connectivity index (χ0) is 17.1. The van der Waals surface area contributed by atoms with Crippen LogP contribution in [0, 0.1) is 0 Å². The number of ether oxygens (including phenoxy) is 1. The average Bonchev–Trinajstić information content (AvgIpc) is 2.97. The molecule has 3 N–H and O–H groups in total. The van der Waals surface area contributed by atoms with Crippen LogP contribution in [-0.4, -0.2) is 40.3 Å². The Kier molecular flexibility index (Phi) is 4.84. The van der Waals surface area contributed by atoms with E-state index in [0.29, 0.717) is 23.2 Å². The van der Waals surface area contributed by atoms with Crippen LogP contribution in [0.3, 0.4) is 0 Å². The van der Waals surface area contributed by atoms with Crippen molar-refractivity contribution in [3.63, 3.8) is 0 Å². The van der Waals surface area contributed by atoms with E-state index in [1.165, 1.54) is 16.9 Å². The van der Waals surface area contributed by atoms with Gasteiger partial charge in [0, 0.05) is 0 Å². The van der Waals surface area contributed by atoms with Gasteiger partial charge < -0.3 is 20.7 Å². The number of para-hydroxylation sites is 1. The zero-order valence-corrected chi connectivity index (χ0v) is 14.5. The van der Waals surface area contributed by atoms with Crippen LogP contribution in [0.4, 0.5) is 9.93 Å². The second-order valence-corrected chi connectivity index (χ2v) is 6.80. The van der Waals surface area contributed by atoms with Crippen LogP contribution in [0.1, 0.15) is 30.5 Å². The zero-order valence-electron chi connectivity index (χ0n) is 13.7. The molecule has 0 spiro atoms. The fourth-order valence-electron chi connectivity index (χ4n) is 2.53. The molecule has 128 valence electrons. The molecule has 1 aliphatic rings. The quantitative estimate of drug-likeness (QED) is 0.865. The van der Waals surface area contributed by atoms with Crippen LogP contribution < -0.4 is 15.8 Å². The Hall–Kier alpha value is -2.35. The minimum absolute atomic E-state index is 0.0379. The molecule has 0 bridgehead atoms. The number of likely N-dealkylation sites (tertiary alicyclic amines) is 1. The van der Waals surface area contributed by atoms with Gasteiger partial charge in [0.15, 0.2) is 0 Å². The van der Waals surface area contributed by atoms with Crippen molar-refractivity contribution in [1.82, 2.24) is 20.4 Å². The Morgan fingerprint density at radius 2 is 2.21 bits per heavy atom. The fraction of sp³-hybridized carbons (Fsp3) is 0.438. The first-order chi connectivity index (χ1) is 11.6. The number of carbonyl (C=O) groups excluding carboxylic acids is 1. The van der Waals surface area contributed by atoms with E-state index in [1.807, 2.05) is 25.1 Å². The van der Waals surface area contributed by atoms with Crippen LogP contribution in [0.25, 0.3) is 0 Å². The van der Waals surface area contributed by atoms with Gasteiger partial charge in [-0.25, -0.2) is 4.79 Å². The summed E-state index contributed by atoms with van der Waals surface area (Å²) in [7, 11) is 0. The molecule has 3 rings (SSSR count). The lowest BCUT2D eigenvalue weighted by Gasteiger charge is -2.39. The minimum atomic E-state index is -0.215. The molecule has 0 radical (unpaired) electrons. The molecule has 0 unspecified atom stereocenters. The third-order valence-electron chi connectivity index (χ3n) is 3.95. The first-order valence-corrected chi connectivity index (χ1v) is 8.77. The molecule has 24 heavy (non-hydrogen) atoms. The van der Waals surface area contributed by atoms with E-state index in [-0.39, 0.29) is 18.2 Å². The summed E-state index contributed by atoms with van der Waals surface area (Å²) in [5.41, 5.74) is 6.75. The predicted molar refractivity (Wildman–Crippen MR) is 93.1 cm³/mol. The summed E-state index contributed by atoms with van der Waals surface area (Å²) < 4.78 is 5.99. The number of anilines is 1. The van der Waals surface area contributed by atoms with Gasteiger partial charge in [-0.1, -0.05) is 36.5 Å². The molecule has 1 aromatic carbocycles. The van der Waals surface area contributed by atoms with Crippen molar-refractivity contribution in [2.75, 3.05) is 18.8 Å². The van der Waals surface area contributed by atoms with Crippen LogP contribution in [0.2, 0.25) is 0 Å². The molecule has 0 aliphatic carbocycles. The standard InChI is InChI=1S/C16H21N5O2S/c1-3-11-6-4-5-7-13(11)23-12-8-21(9-12)16(22)18-10(2)14-19-20-15(17)24-14/h4-7,10,12H,3,8-9H2,1-2H3,(H2,17,20)(H,18,22)/t10-/m0/s1. The number of nitrogens with one attached hydrogen (secondary N) is 1. The number of carbonyl (C=O) groups is 1. The predicted octanol–water partition coefficient (Wildman–Crippen LogP) is 2.22. The van der Waals surface area contributed by atoms with Crippen molar-refractivity contribution >= 4 is 22.5 Å². The van der Waals surface area contributed by atoms with Crippen molar-refractivity contribution < 1.29 is 9.53 Å². The number of aryl methyl sites for hydroxylation is 1. The largest absolute Gasteiger partial charge is 0.486 e. The van der Waals surface area contributed by atoms with Crippen LogP contribution >= 0.6 is 11.3 Å². The summed E-state index contributed by atoms with van der Waals surface area (Å²) in [6.07, 6.45) is 0.964. The van der Waals surface area contributed by atoms with Crippen LogP contribution in [0.15, 0.2) is 24.3 Å². The van der Waals surface area contributed by atoms with Gasteiger partial charge in [0.25, 0.3) is 0 Å². The Balaban J connectivity index is 1.48. The molecule has 0 saturated carbocycles. The van der Waals surface area contributed by atoms with Crippen molar-refractivity contribution in [1.29, 1.82) is 0 Å². The van der Waals surface area contributed by atoms with E-state index in [9.17, 15) is 4.79 Å². The lowest BCUT2D eigenvalue weighted by Crippen LogP contribution is -2.59. The molecule has 1 aliphatic heterocycles. The number of nitrogen functional groups attached to an aromatic ring is 1. The Bertz CT molecular complexity index is 714. The molecule has 2 heterocycles. The maximum atomic E-state index is 12.2. The fourth-order valence-corrected chi connectivity index (χ4v) is 3.14. The van der Waals surface area contributed by atoms with Gasteiger partial charge in [0.2, 0.25) is 5.13 Å². The monoisotopic (exact) mass is 347 g/mol. The molecular weight excluding hydrogens is 326 g/mol. The Labute approximate surface area is 144 Å². The molecule has 1 aromatic heterocycles. The SMILES string of the molecule is CCc1ccccc1OC1CN(C(=O)N[C@@H](C)c2nnc(N)s2)C1. The highest BCUT2D eigenvalue weighted by molar-refractivity contribution is 7.15. The van der Waals surface area contributed by atoms with Crippen molar-refractivity contribution in [2.24, 2.45) is 0 Å². The van der Waals surface area contributed by atoms with Crippen molar-refractivity contribution in [2.45, 2.75) is 32.4 Å². The van der Waals surface area contributed by atoms with Gasteiger partial charge in [0.1, 0.15) is 16.9 Å². The molecule has 2 aromatic rings. The van der Waals surface area contributed by atoms with E-state index in [4.69, 9.17) is 10.5 Å². The summed E-state index contributed by atoms with van der Waals surface area (Å²) in [6.45, 7) is 5.12. The van der Waals surface area contributed by atoms with Gasteiger partial charge in [-0.05, 0) is 25.0 Å². The molecule has 7 nitrogen and oxygen atoms in total. The van der Waals surface area contributed by atoms with E-state index >= 15 is 0 Å². The Morgan fingerprint density at radius 1 is 1.46 bits per heavy atom. The van der Waals surface area contributed by atoms with Gasteiger partial charge in [-0.2, -0.15) is 0 Å². The van der Waals surface area contributed by atoms with Crippen LogP contribution in [0.5, 0.6) is 5.75 Å². The number of nitrogens with zero attached hydrogens (tertiary/aromatic N) is 3. The number of aromatic nitrogens is 2. The molecule has 1 saturated heterocycles. The lowest BCUT2D eigenvalue weighted by atomic mass is 10.1. The molecule has 2 amide bonds. The maximum Gasteiger partial charge on any atom is 0.318 e. The average molecular weight is 347 g/mol. The van der Waals surface area contributed by atoms with Crippen molar-refractivity contribution in [3.05, 3.63) is 34.8 Å². The van der Waals surface area contributed by atoms with E-state index < -0.39 is 0 Å². The van der Waals surface area contributed by atoms with E-state index in [0.717, 1.165) is 12.2 Å². The van der Waals surface area contributed by atoms with Gasteiger partial charge in [-0.15, -0.1) is 10.2 Å². The number of amides is 2. The van der Waals surface area contributed by atoms with E-state index in [1.54, 1.807) is 4.90 Å². The lowest BCUT2D eigenvalue weighted by molar-refractivity contribution is 0.0430. The summed E-state index contributed by atoms with van der Waals surface area (Å²) in [5.74, 6) is 0.905.